The van der Waals surface area contributed by atoms with Crippen LogP contribution >= 0.6 is 0 Å². The van der Waals surface area contributed by atoms with Crippen molar-refractivity contribution in [1.82, 2.24) is 0 Å². The summed E-state index contributed by atoms with van der Waals surface area (Å²) in [4.78, 5) is 2.48. The molecule has 248 valence electrons. The SMILES string of the molecule is CC1(C)c2cc3c(cc2-c2c1ccc1ccccc21)N(c1ccccc1-c1ccccc1)c1cc2c(cc1O3)C(C)(C)c1ccc3ccccc3c1-2. The molecule has 0 aromatic heterocycles. The van der Waals surface area contributed by atoms with Gasteiger partial charge in [0.25, 0.3) is 0 Å². The molecule has 0 unspecified atom stereocenters. The van der Waals surface area contributed by atoms with E-state index in [0.29, 0.717) is 0 Å². The zero-order valence-electron chi connectivity index (χ0n) is 29.8. The third kappa shape index (κ3) is 3.84. The molecule has 0 spiro atoms. The molecule has 11 rings (SSSR count). The molecule has 0 radical (unpaired) electrons. The lowest BCUT2D eigenvalue weighted by Gasteiger charge is -2.36. The highest BCUT2D eigenvalue weighted by atomic mass is 16.5. The van der Waals surface area contributed by atoms with Crippen LogP contribution in [0.1, 0.15) is 49.9 Å². The third-order valence-electron chi connectivity index (χ3n) is 12.2. The summed E-state index contributed by atoms with van der Waals surface area (Å²) >= 11 is 0. The number of nitrogens with zero attached hydrogens (tertiary/aromatic N) is 1. The fraction of sp³-hybridized carbons (Fsp3) is 0.120. The maximum atomic E-state index is 7.14. The predicted octanol–water partition coefficient (Wildman–Crippen LogP) is 13.8. The van der Waals surface area contributed by atoms with Gasteiger partial charge in [-0.3, -0.25) is 0 Å². The number of hydrogen-bond acceptors (Lipinski definition) is 2. The average molecular weight is 668 g/mol. The van der Waals surface area contributed by atoms with E-state index < -0.39 is 0 Å². The van der Waals surface area contributed by atoms with Crippen molar-refractivity contribution in [2.24, 2.45) is 0 Å². The molecule has 2 nitrogen and oxygen atoms in total. The van der Waals surface area contributed by atoms with E-state index in [1.807, 2.05) is 0 Å². The second-order valence-corrected chi connectivity index (χ2v) is 15.7. The number of fused-ring (bicyclic) bond motifs is 12. The lowest BCUT2D eigenvalue weighted by Crippen LogP contribution is -2.20. The minimum Gasteiger partial charge on any atom is -0.453 e. The minimum absolute atomic E-state index is 0.178. The number of para-hydroxylation sites is 1. The van der Waals surface area contributed by atoms with Crippen molar-refractivity contribution in [3.63, 3.8) is 0 Å². The van der Waals surface area contributed by atoms with Gasteiger partial charge in [0.15, 0.2) is 11.5 Å². The number of hydrogen-bond donors (Lipinski definition) is 0. The summed E-state index contributed by atoms with van der Waals surface area (Å²) in [7, 11) is 0. The van der Waals surface area contributed by atoms with Crippen LogP contribution in [0, 0.1) is 0 Å². The lowest BCUT2D eigenvalue weighted by atomic mass is 9.81. The molecule has 0 N–H and O–H groups in total. The molecule has 2 aliphatic carbocycles. The van der Waals surface area contributed by atoms with Gasteiger partial charge >= 0.3 is 0 Å². The highest BCUT2D eigenvalue weighted by Gasteiger charge is 2.42. The summed E-state index contributed by atoms with van der Waals surface area (Å²) in [5.41, 5.74) is 15.8. The summed E-state index contributed by atoms with van der Waals surface area (Å²) in [5, 5.41) is 5.12. The van der Waals surface area contributed by atoms with Crippen molar-refractivity contribution in [2.45, 2.75) is 38.5 Å². The maximum absolute atomic E-state index is 7.14. The number of ether oxygens (including phenoxy) is 1. The molecule has 1 heterocycles. The first-order valence-electron chi connectivity index (χ1n) is 18.4. The van der Waals surface area contributed by atoms with Crippen molar-refractivity contribution in [2.75, 3.05) is 4.90 Å². The van der Waals surface area contributed by atoms with Crippen LogP contribution in [-0.4, -0.2) is 0 Å². The minimum atomic E-state index is -0.178. The van der Waals surface area contributed by atoms with E-state index in [-0.39, 0.29) is 10.8 Å². The van der Waals surface area contributed by atoms with Crippen LogP contribution in [-0.2, 0) is 10.8 Å². The molecule has 0 fully saturated rings. The number of rotatable bonds is 2. The van der Waals surface area contributed by atoms with Crippen LogP contribution in [0.5, 0.6) is 11.5 Å². The summed E-state index contributed by atoms with van der Waals surface area (Å²) in [5.74, 6) is 1.77. The van der Waals surface area contributed by atoms with Gasteiger partial charge in [0.2, 0.25) is 0 Å². The van der Waals surface area contributed by atoms with Crippen molar-refractivity contribution in [3.05, 3.63) is 174 Å². The summed E-state index contributed by atoms with van der Waals surface area (Å²) in [6.07, 6.45) is 0. The molecule has 8 aromatic carbocycles. The van der Waals surface area contributed by atoms with Gasteiger partial charge in [0.05, 0.1) is 17.1 Å². The Hall–Kier alpha value is -6.12. The zero-order valence-corrected chi connectivity index (χ0v) is 29.8. The standard InChI is InChI=1S/C50H37NO/c1-49(2)38-24-22-31-16-8-10-19-34(31)47(38)36-26-43-45(28-40(36)49)52-46-29-41-37(48-35-20-11-9-17-32(35)23-25-39(48)50(41,3)4)27-44(46)51(43)42-21-13-12-18-33(42)30-14-6-5-7-15-30/h5-29H,1-4H3. The molecule has 0 bridgehead atoms. The second-order valence-electron chi connectivity index (χ2n) is 15.7. The van der Waals surface area contributed by atoms with Gasteiger partial charge in [-0.2, -0.15) is 0 Å². The predicted molar refractivity (Wildman–Crippen MR) is 217 cm³/mol. The first kappa shape index (κ1) is 29.6. The molecule has 0 saturated heterocycles. The van der Waals surface area contributed by atoms with Crippen LogP contribution < -0.4 is 9.64 Å². The van der Waals surface area contributed by atoms with Gasteiger partial charge in [0, 0.05) is 16.4 Å². The Balaban J connectivity index is 1.23. The lowest BCUT2D eigenvalue weighted by molar-refractivity contribution is 0.473. The molecule has 0 amide bonds. The van der Waals surface area contributed by atoms with Crippen molar-refractivity contribution in [1.29, 1.82) is 0 Å². The zero-order chi connectivity index (χ0) is 34.9. The van der Waals surface area contributed by atoms with Crippen molar-refractivity contribution in [3.8, 4) is 44.9 Å². The number of benzene rings is 8. The summed E-state index contributed by atoms with van der Waals surface area (Å²) in [6, 6.07) is 55.9. The van der Waals surface area contributed by atoms with E-state index in [1.54, 1.807) is 0 Å². The van der Waals surface area contributed by atoms with Crippen LogP contribution in [0.4, 0.5) is 17.1 Å². The van der Waals surface area contributed by atoms with E-state index in [9.17, 15) is 0 Å². The largest absolute Gasteiger partial charge is 0.453 e. The Kier molecular flexibility index (Phi) is 5.83. The topological polar surface area (TPSA) is 12.5 Å². The molecule has 0 saturated carbocycles. The normalized spacial score (nSPS) is 15.3. The van der Waals surface area contributed by atoms with Crippen molar-refractivity contribution >= 4 is 38.6 Å². The first-order valence-corrected chi connectivity index (χ1v) is 18.4. The van der Waals surface area contributed by atoms with E-state index in [4.69, 9.17) is 4.74 Å². The molecule has 2 heteroatoms. The Morgan fingerprint density at radius 2 is 0.885 bits per heavy atom. The Labute approximate surface area is 304 Å². The fourth-order valence-corrected chi connectivity index (χ4v) is 9.59. The summed E-state index contributed by atoms with van der Waals surface area (Å²) < 4.78 is 7.14. The highest BCUT2D eigenvalue weighted by Crippen LogP contribution is 2.61. The van der Waals surface area contributed by atoms with E-state index in [2.05, 4.69) is 184 Å². The average Bonchev–Trinajstić information content (AvgIpc) is 3.54. The van der Waals surface area contributed by atoms with Crippen LogP contribution in [0.25, 0.3) is 54.9 Å². The molecule has 0 atom stereocenters. The van der Waals surface area contributed by atoms with Crippen LogP contribution in [0.15, 0.2) is 152 Å². The molecule has 3 aliphatic rings. The van der Waals surface area contributed by atoms with Gasteiger partial charge in [-0.15, -0.1) is 0 Å². The monoisotopic (exact) mass is 667 g/mol. The van der Waals surface area contributed by atoms with Gasteiger partial charge in [0.1, 0.15) is 0 Å². The van der Waals surface area contributed by atoms with E-state index >= 15 is 0 Å². The van der Waals surface area contributed by atoms with E-state index in [0.717, 1.165) is 28.6 Å². The maximum Gasteiger partial charge on any atom is 0.151 e. The smallest absolute Gasteiger partial charge is 0.151 e. The first-order chi connectivity index (χ1) is 25.3. The Bertz CT molecular complexity index is 2670. The molecular weight excluding hydrogens is 631 g/mol. The highest BCUT2D eigenvalue weighted by molar-refractivity contribution is 6.07. The molecule has 52 heavy (non-hydrogen) atoms. The van der Waals surface area contributed by atoms with Gasteiger partial charge in [-0.05, 0) is 102 Å². The Morgan fingerprint density at radius 3 is 1.44 bits per heavy atom. The van der Waals surface area contributed by atoms with Crippen LogP contribution in [0.2, 0.25) is 0 Å². The quantitative estimate of drug-likeness (QED) is 0.182. The molecule has 8 aromatic rings. The Morgan fingerprint density at radius 1 is 0.404 bits per heavy atom. The van der Waals surface area contributed by atoms with Gasteiger partial charge in [-0.1, -0.05) is 149 Å². The van der Waals surface area contributed by atoms with Gasteiger partial charge < -0.3 is 9.64 Å². The second kappa shape index (κ2) is 10.2. The fourth-order valence-electron chi connectivity index (χ4n) is 9.59. The third-order valence-corrected chi connectivity index (χ3v) is 12.2. The van der Waals surface area contributed by atoms with Crippen LogP contribution in [0.3, 0.4) is 0 Å². The van der Waals surface area contributed by atoms with Gasteiger partial charge in [-0.25, -0.2) is 0 Å². The summed E-state index contributed by atoms with van der Waals surface area (Å²) in [6.45, 7) is 9.42. The molecular formula is C50H37NO. The van der Waals surface area contributed by atoms with E-state index in [1.165, 1.54) is 77.2 Å². The number of anilines is 3. The molecule has 1 aliphatic heterocycles. The van der Waals surface area contributed by atoms with Crippen molar-refractivity contribution < 1.29 is 4.74 Å².